The lowest BCUT2D eigenvalue weighted by atomic mass is 10.2. The minimum absolute atomic E-state index is 0.127. The van der Waals surface area contributed by atoms with Gasteiger partial charge in [-0.2, -0.15) is 0 Å². The fraction of sp³-hybridized carbons (Fsp3) is 1.00. The lowest BCUT2D eigenvalue weighted by Crippen LogP contribution is -2.35. The van der Waals surface area contributed by atoms with Crippen LogP contribution >= 0.6 is 0 Å². The van der Waals surface area contributed by atoms with Crippen molar-refractivity contribution in [3.63, 3.8) is 0 Å². The van der Waals surface area contributed by atoms with Gasteiger partial charge >= 0.3 is 0 Å². The van der Waals surface area contributed by atoms with E-state index in [0.717, 1.165) is 0 Å². The number of aliphatic hydroxyl groups excluding tert-OH is 3. The van der Waals surface area contributed by atoms with E-state index in [2.05, 4.69) is 5.32 Å². The Morgan fingerprint density at radius 2 is 2.11 bits per heavy atom. The van der Waals surface area contributed by atoms with Gasteiger partial charge < -0.3 is 20.6 Å². The predicted octanol–water partition coefficient (Wildman–Crippen LogP) is -2.33. The van der Waals surface area contributed by atoms with Crippen LogP contribution in [0.4, 0.5) is 0 Å². The van der Waals surface area contributed by atoms with Gasteiger partial charge in [0.25, 0.3) is 0 Å². The standard InChI is InChI=1S/C5H11NO3/c7-2-3-5(9)4(8)1-6-3/h3-9H,1-2H2/t3-,4-,5-/m1/s1/i2+2. The summed E-state index contributed by atoms with van der Waals surface area (Å²) in [6, 6.07) is -0.347. The Bertz CT molecular complexity index is 98.2. The average Bonchev–Trinajstić information content (AvgIpc) is 2.15. The molecule has 54 valence electrons. The molecular formula is C5H11NO3. The molecule has 0 radical (unpaired) electrons. The van der Waals surface area contributed by atoms with E-state index in [1.165, 1.54) is 0 Å². The molecule has 1 heterocycles. The number of aliphatic hydroxyl groups is 3. The highest BCUT2D eigenvalue weighted by atomic mass is 16.5. The van der Waals surface area contributed by atoms with E-state index in [1.54, 1.807) is 0 Å². The second kappa shape index (κ2) is 2.62. The topological polar surface area (TPSA) is 72.7 Å². The zero-order chi connectivity index (χ0) is 6.85. The third-order valence-electron chi connectivity index (χ3n) is 1.59. The molecule has 4 heteroatoms. The molecule has 4 nitrogen and oxygen atoms in total. The van der Waals surface area contributed by atoms with E-state index in [-0.39, 0.29) is 12.6 Å². The minimum Gasteiger partial charge on any atom is -0.395 e. The Morgan fingerprint density at radius 3 is 2.33 bits per heavy atom. The molecule has 0 aromatic carbocycles. The largest absolute Gasteiger partial charge is 0.395 e. The van der Waals surface area contributed by atoms with Gasteiger partial charge in [-0.1, -0.05) is 0 Å². The molecule has 1 aliphatic heterocycles. The highest BCUT2D eigenvalue weighted by Gasteiger charge is 2.31. The molecular weight excluding hydrogens is 124 g/mol. The summed E-state index contributed by atoms with van der Waals surface area (Å²) >= 11 is 0. The van der Waals surface area contributed by atoms with Crippen LogP contribution in [0.25, 0.3) is 0 Å². The Hall–Kier alpha value is -0.160. The van der Waals surface area contributed by atoms with Crippen LogP contribution in [-0.2, 0) is 0 Å². The Morgan fingerprint density at radius 1 is 1.44 bits per heavy atom. The maximum Gasteiger partial charge on any atom is 0.0986 e. The van der Waals surface area contributed by atoms with Crippen LogP contribution in [0.3, 0.4) is 0 Å². The van der Waals surface area contributed by atoms with Crippen LogP contribution in [0.1, 0.15) is 0 Å². The fourth-order valence-corrected chi connectivity index (χ4v) is 0.954. The van der Waals surface area contributed by atoms with Crippen LogP contribution < -0.4 is 5.32 Å². The van der Waals surface area contributed by atoms with Crippen molar-refractivity contribution >= 4 is 0 Å². The van der Waals surface area contributed by atoms with Crippen molar-refractivity contribution in [1.29, 1.82) is 0 Å². The number of β-amino-alcohol motifs (C(OH)–C–C–N with tert-alkyl or cyclic N) is 1. The van der Waals surface area contributed by atoms with Crippen molar-refractivity contribution in [1.82, 2.24) is 5.32 Å². The normalized spacial score (nSPS) is 43.7. The monoisotopic (exact) mass is 135 g/mol. The van der Waals surface area contributed by atoms with E-state index in [9.17, 15) is 0 Å². The van der Waals surface area contributed by atoms with Crippen LogP contribution in [-0.4, -0.2) is 46.7 Å². The summed E-state index contributed by atoms with van der Waals surface area (Å²) < 4.78 is 0. The second-order valence-corrected chi connectivity index (χ2v) is 2.26. The first kappa shape index (κ1) is 6.95. The van der Waals surface area contributed by atoms with Crippen LogP contribution in [0.5, 0.6) is 0 Å². The first-order chi connectivity index (χ1) is 4.25. The molecule has 0 aliphatic carbocycles. The SMILES string of the molecule is O[14CH2][C@H]1NC[C@@H](O)[C@@H]1O. The van der Waals surface area contributed by atoms with Crippen molar-refractivity contribution in [2.75, 3.05) is 13.2 Å². The van der Waals surface area contributed by atoms with Gasteiger partial charge in [-0.15, -0.1) is 0 Å². The Kier molecular flexibility index (Phi) is 2.02. The number of rotatable bonds is 1. The summed E-state index contributed by atoms with van der Waals surface area (Å²) in [6.45, 7) is 0.241. The third kappa shape index (κ3) is 1.21. The highest BCUT2D eigenvalue weighted by Crippen LogP contribution is 2.05. The van der Waals surface area contributed by atoms with E-state index in [0.29, 0.717) is 6.54 Å². The number of nitrogens with one attached hydrogen (secondary N) is 1. The van der Waals surface area contributed by atoms with Gasteiger partial charge in [-0.25, -0.2) is 0 Å². The molecule has 0 unspecified atom stereocenters. The predicted molar refractivity (Wildman–Crippen MR) is 30.9 cm³/mol. The maximum atomic E-state index is 8.98. The van der Waals surface area contributed by atoms with E-state index in [4.69, 9.17) is 15.3 Å². The fourth-order valence-electron chi connectivity index (χ4n) is 0.954. The van der Waals surface area contributed by atoms with E-state index in [1.807, 2.05) is 0 Å². The quantitative estimate of drug-likeness (QED) is 0.325. The average molecular weight is 135 g/mol. The van der Waals surface area contributed by atoms with Gasteiger partial charge in [0.15, 0.2) is 0 Å². The smallest absolute Gasteiger partial charge is 0.0986 e. The van der Waals surface area contributed by atoms with Gasteiger partial charge in [-0.05, 0) is 0 Å². The summed E-state index contributed by atoms with van der Waals surface area (Å²) in [5.41, 5.74) is 0. The minimum atomic E-state index is -0.810. The zero-order valence-corrected chi connectivity index (χ0v) is 4.99. The van der Waals surface area contributed by atoms with Crippen LogP contribution in [0, 0.1) is 0 Å². The van der Waals surface area contributed by atoms with Gasteiger partial charge in [-0.3, -0.25) is 0 Å². The Labute approximate surface area is 53.1 Å². The summed E-state index contributed by atoms with van der Waals surface area (Å²) in [4.78, 5) is 0. The first-order valence-electron chi connectivity index (χ1n) is 2.96. The Balaban J connectivity index is 2.41. The van der Waals surface area contributed by atoms with Gasteiger partial charge in [0.1, 0.15) is 0 Å². The van der Waals surface area contributed by atoms with Crippen molar-refractivity contribution < 1.29 is 15.3 Å². The molecule has 0 aromatic heterocycles. The number of hydrogen-bond acceptors (Lipinski definition) is 4. The van der Waals surface area contributed by atoms with Crippen molar-refractivity contribution in [3.05, 3.63) is 0 Å². The summed E-state index contributed by atoms with van der Waals surface area (Å²) in [5, 5.41) is 29.1. The maximum absolute atomic E-state index is 8.98. The zero-order valence-electron chi connectivity index (χ0n) is 4.99. The molecule has 3 atom stereocenters. The molecule has 0 saturated carbocycles. The molecule has 4 N–H and O–H groups in total. The second-order valence-electron chi connectivity index (χ2n) is 2.26. The third-order valence-corrected chi connectivity index (χ3v) is 1.59. The lowest BCUT2D eigenvalue weighted by Gasteiger charge is -2.11. The van der Waals surface area contributed by atoms with Crippen molar-refractivity contribution in [2.24, 2.45) is 0 Å². The molecule has 0 spiro atoms. The van der Waals surface area contributed by atoms with Crippen molar-refractivity contribution in [2.45, 2.75) is 18.2 Å². The molecule has 1 aliphatic rings. The molecule has 1 rings (SSSR count). The van der Waals surface area contributed by atoms with Crippen LogP contribution in [0.15, 0.2) is 0 Å². The molecule has 1 fully saturated rings. The first-order valence-corrected chi connectivity index (χ1v) is 2.96. The molecule has 9 heavy (non-hydrogen) atoms. The van der Waals surface area contributed by atoms with Crippen molar-refractivity contribution in [3.8, 4) is 0 Å². The summed E-state index contributed by atoms with van der Waals surface area (Å²) in [5.74, 6) is 0. The molecule has 0 amide bonds. The highest BCUT2D eigenvalue weighted by molar-refractivity contribution is 4.89. The molecule has 0 aromatic rings. The van der Waals surface area contributed by atoms with E-state index >= 15 is 0 Å². The number of hydrogen-bond donors (Lipinski definition) is 4. The molecule has 1 saturated heterocycles. The van der Waals surface area contributed by atoms with Gasteiger partial charge in [0.05, 0.1) is 24.9 Å². The van der Waals surface area contributed by atoms with Gasteiger partial charge in [0.2, 0.25) is 0 Å². The summed E-state index contributed by atoms with van der Waals surface area (Å²) in [7, 11) is 0. The molecule has 0 bridgehead atoms. The van der Waals surface area contributed by atoms with Crippen LogP contribution in [0.2, 0.25) is 0 Å². The lowest BCUT2D eigenvalue weighted by molar-refractivity contribution is 0.0295. The van der Waals surface area contributed by atoms with E-state index < -0.39 is 12.2 Å². The van der Waals surface area contributed by atoms with Gasteiger partial charge in [0, 0.05) is 6.54 Å². The summed E-state index contributed by atoms with van der Waals surface area (Å²) in [6.07, 6.45) is -1.53.